The van der Waals surface area contributed by atoms with Gasteiger partial charge in [0.05, 0.1) is 11.1 Å². The number of hydrogen-bond donors (Lipinski definition) is 2. The van der Waals surface area contributed by atoms with Crippen molar-refractivity contribution in [2.45, 2.75) is 26.7 Å². The first-order chi connectivity index (χ1) is 8.41. The molecule has 0 unspecified atom stereocenters. The summed E-state index contributed by atoms with van der Waals surface area (Å²) >= 11 is 3.20. The van der Waals surface area contributed by atoms with E-state index in [0.29, 0.717) is 22.9 Å². The highest BCUT2D eigenvalue weighted by molar-refractivity contribution is 9.10. The minimum Gasteiger partial charge on any atom is -0.628 e. The van der Waals surface area contributed by atoms with Crippen molar-refractivity contribution in [3.05, 3.63) is 21.0 Å². The monoisotopic (exact) mass is 318 g/mol. The number of hydrogen-bond acceptors (Lipinski definition) is 5. The topological polar surface area (TPSA) is 98.7 Å². The number of anilines is 1. The van der Waals surface area contributed by atoms with Gasteiger partial charge in [-0.15, -0.1) is 0 Å². The van der Waals surface area contributed by atoms with E-state index >= 15 is 0 Å². The smallest absolute Gasteiger partial charge is 0.230 e. The summed E-state index contributed by atoms with van der Waals surface area (Å²) in [7, 11) is 0. The van der Waals surface area contributed by atoms with Crippen LogP contribution in [0.15, 0.2) is 10.5 Å². The quantitative estimate of drug-likeness (QED) is 0.615. The summed E-state index contributed by atoms with van der Waals surface area (Å²) in [6.45, 7) is 4.80. The van der Waals surface area contributed by atoms with E-state index < -0.39 is 5.23 Å². The van der Waals surface area contributed by atoms with Crippen LogP contribution in [0.1, 0.15) is 26.7 Å². The molecule has 0 amide bonds. The van der Waals surface area contributed by atoms with Crippen LogP contribution in [0, 0.1) is 16.3 Å². The normalized spacial score (nSPS) is 11.3. The van der Waals surface area contributed by atoms with Crippen LogP contribution >= 0.6 is 15.9 Å². The molecule has 0 saturated carbocycles. The Labute approximate surface area is 114 Å². The molecular weight excluding hydrogens is 302 g/mol. The van der Waals surface area contributed by atoms with Crippen LogP contribution in [0.3, 0.4) is 0 Å². The molecule has 0 bridgehead atoms. The van der Waals surface area contributed by atoms with E-state index in [0.717, 1.165) is 12.8 Å². The van der Waals surface area contributed by atoms with Crippen molar-refractivity contribution in [1.82, 2.24) is 4.98 Å². The number of quaternary nitrogens is 1. The Morgan fingerprint density at radius 1 is 1.50 bits per heavy atom. The number of ether oxygens (including phenoxy) is 1. The van der Waals surface area contributed by atoms with E-state index in [1.54, 1.807) is 0 Å². The minimum absolute atomic E-state index is 0.0999. The minimum atomic E-state index is -1.35. The van der Waals surface area contributed by atoms with Gasteiger partial charge in [-0.05, 0) is 34.7 Å². The van der Waals surface area contributed by atoms with Gasteiger partial charge >= 0.3 is 0 Å². The van der Waals surface area contributed by atoms with E-state index in [-0.39, 0.29) is 11.5 Å². The molecule has 0 spiro atoms. The molecule has 1 aromatic heterocycles. The Balaban J connectivity index is 2.64. The maximum absolute atomic E-state index is 10.7. The second-order valence-electron chi connectivity index (χ2n) is 4.38. The van der Waals surface area contributed by atoms with E-state index in [1.807, 2.05) is 0 Å². The second-order valence-corrected chi connectivity index (χ2v) is 5.23. The molecule has 0 saturated heterocycles. The molecule has 0 aliphatic heterocycles. The van der Waals surface area contributed by atoms with Gasteiger partial charge in [-0.3, -0.25) is 0 Å². The van der Waals surface area contributed by atoms with Gasteiger partial charge in [0.25, 0.3) is 0 Å². The van der Waals surface area contributed by atoms with E-state index in [2.05, 4.69) is 34.8 Å². The van der Waals surface area contributed by atoms with E-state index in [4.69, 9.17) is 10.5 Å². The number of nitrogens with one attached hydrogen (secondary N) is 1. The van der Waals surface area contributed by atoms with Gasteiger partial charge in [0, 0.05) is 6.07 Å². The third kappa shape index (κ3) is 4.41. The van der Waals surface area contributed by atoms with Gasteiger partial charge in [-0.25, -0.2) is 0 Å². The summed E-state index contributed by atoms with van der Waals surface area (Å²) in [5.74, 6) is 0.828. The summed E-state index contributed by atoms with van der Waals surface area (Å²) in [6.07, 6.45) is 1.97. The van der Waals surface area contributed by atoms with E-state index in [9.17, 15) is 10.4 Å². The fourth-order valence-electron chi connectivity index (χ4n) is 1.41. The lowest BCUT2D eigenvalue weighted by atomic mass is 10.1. The lowest BCUT2D eigenvalue weighted by Gasteiger charge is -2.25. The molecular formula is C11H17BrN3O3-. The van der Waals surface area contributed by atoms with E-state index in [1.165, 1.54) is 6.07 Å². The number of halogens is 1. The van der Waals surface area contributed by atoms with Crippen LogP contribution in [0.5, 0.6) is 5.88 Å². The maximum Gasteiger partial charge on any atom is 0.230 e. The zero-order valence-corrected chi connectivity index (χ0v) is 12.0. The van der Waals surface area contributed by atoms with Gasteiger partial charge in [0.1, 0.15) is 0 Å². The Bertz CT molecular complexity index is 399. The highest BCUT2D eigenvalue weighted by Crippen LogP contribution is 2.28. The average Bonchev–Trinajstić information content (AvgIpc) is 2.27. The Hall–Kier alpha value is -0.890. The molecule has 102 valence electrons. The van der Waals surface area contributed by atoms with Crippen LogP contribution in [-0.2, 0) is 0 Å². The molecule has 1 rings (SSSR count). The molecule has 0 aliphatic carbocycles. The highest BCUT2D eigenvalue weighted by Gasteiger charge is 2.11. The number of nitrogens with two attached hydrogens (primary N) is 1. The van der Waals surface area contributed by atoms with Crippen molar-refractivity contribution < 1.29 is 9.96 Å². The van der Waals surface area contributed by atoms with Crippen molar-refractivity contribution in [3.63, 3.8) is 0 Å². The Morgan fingerprint density at radius 3 is 2.72 bits per heavy atom. The van der Waals surface area contributed by atoms with Crippen LogP contribution in [0.2, 0.25) is 0 Å². The van der Waals surface area contributed by atoms with Gasteiger partial charge in [-0.1, -0.05) is 13.8 Å². The summed E-state index contributed by atoms with van der Waals surface area (Å²) in [5.41, 5.74) is 5.37. The largest absolute Gasteiger partial charge is 0.628 e. The molecule has 6 nitrogen and oxygen atoms in total. The molecule has 0 aliphatic rings. The molecule has 0 atom stereocenters. The molecule has 7 heteroatoms. The summed E-state index contributed by atoms with van der Waals surface area (Å²) < 4.78 is 5.91. The van der Waals surface area contributed by atoms with Gasteiger partial charge in [0.15, 0.2) is 11.5 Å². The van der Waals surface area contributed by atoms with Gasteiger partial charge in [0.2, 0.25) is 5.88 Å². The van der Waals surface area contributed by atoms with Crippen LogP contribution in [0.25, 0.3) is 0 Å². The molecule has 18 heavy (non-hydrogen) atoms. The number of rotatable bonds is 6. The predicted octanol–water partition coefficient (Wildman–Crippen LogP) is 1.75. The first kappa shape index (κ1) is 15.2. The summed E-state index contributed by atoms with van der Waals surface area (Å²) in [4.78, 5) is 3.90. The van der Waals surface area contributed by atoms with Crippen molar-refractivity contribution in [2.75, 3.05) is 12.3 Å². The molecule has 0 aromatic carbocycles. The van der Waals surface area contributed by atoms with Crippen molar-refractivity contribution >= 4 is 27.4 Å². The lowest BCUT2D eigenvalue weighted by molar-refractivity contribution is -0.714. The molecule has 0 fully saturated rings. The standard InChI is InChI=1S/C11H17BrN3O3/c1-7(2)4-3-5-18-11-8(12)6-9(15(16)17)10(13)14-11/h6-7,15H,3-5H2,1-2H3,(H2,13,14)/q-1. The predicted molar refractivity (Wildman–Crippen MR) is 73.3 cm³/mol. The van der Waals surface area contributed by atoms with Crippen LogP contribution in [0.4, 0.5) is 11.5 Å². The highest BCUT2D eigenvalue weighted by atomic mass is 79.9. The maximum atomic E-state index is 10.7. The van der Waals surface area contributed by atoms with Gasteiger partial charge in [-0.2, -0.15) is 4.98 Å². The first-order valence-electron chi connectivity index (χ1n) is 5.72. The third-order valence-electron chi connectivity index (χ3n) is 2.36. The fraction of sp³-hybridized carbons (Fsp3) is 0.545. The molecule has 3 N–H and O–H groups in total. The first-order valence-corrected chi connectivity index (χ1v) is 6.51. The molecule has 1 heterocycles. The summed E-state index contributed by atoms with van der Waals surface area (Å²) in [5, 5.41) is 20.1. The fourth-order valence-corrected chi connectivity index (χ4v) is 1.84. The Kier molecular flexibility index (Phi) is 5.80. The lowest BCUT2D eigenvalue weighted by Crippen LogP contribution is -2.96. The summed E-state index contributed by atoms with van der Waals surface area (Å²) in [6, 6.07) is 1.34. The molecule has 0 radical (unpaired) electrons. The zero-order valence-electron chi connectivity index (χ0n) is 10.4. The van der Waals surface area contributed by atoms with Crippen molar-refractivity contribution in [2.24, 2.45) is 5.92 Å². The van der Waals surface area contributed by atoms with Crippen LogP contribution < -0.4 is 15.7 Å². The number of aromatic nitrogens is 1. The van der Waals surface area contributed by atoms with Crippen molar-refractivity contribution in [3.8, 4) is 5.88 Å². The zero-order chi connectivity index (χ0) is 13.7. The van der Waals surface area contributed by atoms with Gasteiger partial charge < -0.3 is 26.1 Å². The SMILES string of the molecule is CC(C)CCCOc1nc(N)c([NH+]([O-])[O-])cc1Br. The second kappa shape index (κ2) is 6.89. The van der Waals surface area contributed by atoms with Crippen molar-refractivity contribution in [1.29, 1.82) is 0 Å². The number of nitrogens with zero attached hydrogens (tertiary/aromatic N) is 1. The molecule has 1 aromatic rings. The number of nitrogen functional groups attached to an aromatic ring is 1. The Morgan fingerprint density at radius 2 is 2.17 bits per heavy atom. The average molecular weight is 319 g/mol. The third-order valence-corrected chi connectivity index (χ3v) is 2.93. The number of pyridine rings is 1. The van der Waals surface area contributed by atoms with Crippen LogP contribution in [-0.4, -0.2) is 11.6 Å².